The average Bonchev–Trinajstić information content (AvgIpc) is 2.75. The molecule has 3 heterocycles. The van der Waals surface area contributed by atoms with Gasteiger partial charge in [0.1, 0.15) is 0 Å². The molecule has 0 aromatic carbocycles. The molecule has 0 spiro atoms. The topological polar surface area (TPSA) is 43.1 Å². The predicted molar refractivity (Wildman–Crippen MR) is 61.0 cm³/mol. The Balaban J connectivity index is 2.30. The van der Waals surface area contributed by atoms with Crippen LogP contribution in [0.2, 0.25) is 0 Å². The van der Waals surface area contributed by atoms with Crippen molar-refractivity contribution in [1.82, 2.24) is 19.6 Å². The van der Waals surface area contributed by atoms with Gasteiger partial charge in [-0.1, -0.05) is 6.07 Å². The van der Waals surface area contributed by atoms with E-state index in [1.54, 1.807) is 12.4 Å². The first kappa shape index (κ1) is 9.03. The Labute approximate surface area is 92.6 Å². The summed E-state index contributed by atoms with van der Waals surface area (Å²) in [4.78, 5) is 4.09. The van der Waals surface area contributed by atoms with Crippen LogP contribution in [0.1, 0.15) is 5.56 Å². The molecule has 0 atom stereocenters. The number of hydrogen-bond donors (Lipinski definition) is 0. The highest BCUT2D eigenvalue weighted by molar-refractivity contribution is 5.60. The van der Waals surface area contributed by atoms with Crippen LogP contribution in [0.25, 0.3) is 17.0 Å². The monoisotopic (exact) mass is 210 g/mol. The summed E-state index contributed by atoms with van der Waals surface area (Å²) in [6.45, 7) is 2.02. The standard InChI is InChI=1S/C12H10N4/c1-9-4-3-7-16-11(9)14-15-12(16)10-5-2-6-13-8-10/h2-8H,1H3. The van der Waals surface area contributed by atoms with E-state index in [1.807, 2.05) is 41.8 Å². The predicted octanol–water partition coefficient (Wildman–Crippen LogP) is 2.10. The van der Waals surface area contributed by atoms with Gasteiger partial charge in [-0.25, -0.2) is 0 Å². The van der Waals surface area contributed by atoms with Crippen molar-refractivity contribution in [2.75, 3.05) is 0 Å². The second-order valence-corrected chi connectivity index (χ2v) is 3.65. The summed E-state index contributed by atoms with van der Waals surface area (Å²) in [5.74, 6) is 0.826. The first-order valence-electron chi connectivity index (χ1n) is 5.07. The van der Waals surface area contributed by atoms with Crippen molar-refractivity contribution in [3.63, 3.8) is 0 Å². The van der Waals surface area contributed by atoms with Gasteiger partial charge in [-0.3, -0.25) is 9.38 Å². The molecular weight excluding hydrogens is 200 g/mol. The number of pyridine rings is 2. The fourth-order valence-corrected chi connectivity index (χ4v) is 1.74. The molecule has 0 N–H and O–H groups in total. The van der Waals surface area contributed by atoms with E-state index in [0.29, 0.717) is 0 Å². The van der Waals surface area contributed by atoms with Crippen LogP contribution in [0.4, 0.5) is 0 Å². The van der Waals surface area contributed by atoms with E-state index < -0.39 is 0 Å². The lowest BCUT2D eigenvalue weighted by atomic mass is 10.2. The van der Waals surface area contributed by atoms with Gasteiger partial charge in [-0.05, 0) is 30.7 Å². The molecule has 0 unspecified atom stereocenters. The molecule has 0 amide bonds. The molecule has 0 aliphatic carbocycles. The first-order chi connectivity index (χ1) is 7.86. The van der Waals surface area contributed by atoms with Crippen molar-refractivity contribution in [1.29, 1.82) is 0 Å². The quantitative estimate of drug-likeness (QED) is 0.617. The van der Waals surface area contributed by atoms with E-state index in [2.05, 4.69) is 15.2 Å². The molecule has 0 bridgehead atoms. The maximum absolute atomic E-state index is 4.20. The molecule has 0 radical (unpaired) electrons. The zero-order valence-corrected chi connectivity index (χ0v) is 8.83. The lowest BCUT2D eigenvalue weighted by Gasteiger charge is -1.99. The number of nitrogens with zero attached hydrogens (tertiary/aromatic N) is 4. The third-order valence-electron chi connectivity index (χ3n) is 2.55. The van der Waals surface area contributed by atoms with Gasteiger partial charge in [0, 0.05) is 24.2 Å². The van der Waals surface area contributed by atoms with Gasteiger partial charge in [-0.15, -0.1) is 10.2 Å². The summed E-state index contributed by atoms with van der Waals surface area (Å²) in [5.41, 5.74) is 2.98. The molecule has 0 aliphatic heterocycles. The highest BCUT2D eigenvalue weighted by Gasteiger charge is 2.08. The van der Waals surface area contributed by atoms with Gasteiger partial charge in [0.05, 0.1) is 0 Å². The van der Waals surface area contributed by atoms with Crippen LogP contribution in [0.5, 0.6) is 0 Å². The number of fused-ring (bicyclic) bond motifs is 1. The maximum atomic E-state index is 4.20. The number of aromatic nitrogens is 4. The largest absolute Gasteiger partial charge is 0.282 e. The number of rotatable bonds is 1. The van der Waals surface area contributed by atoms with E-state index in [0.717, 1.165) is 22.6 Å². The van der Waals surface area contributed by atoms with Crippen LogP contribution in [0.3, 0.4) is 0 Å². The fourth-order valence-electron chi connectivity index (χ4n) is 1.74. The van der Waals surface area contributed by atoms with Gasteiger partial charge in [0.15, 0.2) is 11.5 Å². The van der Waals surface area contributed by atoms with E-state index in [1.165, 1.54) is 0 Å². The first-order valence-corrected chi connectivity index (χ1v) is 5.07. The molecular formula is C12H10N4. The molecule has 4 nitrogen and oxygen atoms in total. The Morgan fingerprint density at radius 1 is 1.12 bits per heavy atom. The van der Waals surface area contributed by atoms with E-state index in [-0.39, 0.29) is 0 Å². The SMILES string of the molecule is Cc1cccn2c(-c3cccnc3)nnc12. The molecule has 78 valence electrons. The third kappa shape index (κ3) is 1.27. The zero-order chi connectivity index (χ0) is 11.0. The number of hydrogen-bond acceptors (Lipinski definition) is 3. The van der Waals surface area contributed by atoms with Crippen molar-refractivity contribution in [2.24, 2.45) is 0 Å². The molecule has 3 rings (SSSR count). The van der Waals surface area contributed by atoms with E-state index in [4.69, 9.17) is 0 Å². The minimum atomic E-state index is 0.826. The summed E-state index contributed by atoms with van der Waals surface area (Å²) in [7, 11) is 0. The van der Waals surface area contributed by atoms with Gasteiger partial charge in [0.25, 0.3) is 0 Å². The fraction of sp³-hybridized carbons (Fsp3) is 0.0833. The van der Waals surface area contributed by atoms with E-state index in [9.17, 15) is 0 Å². The van der Waals surface area contributed by atoms with Crippen LogP contribution >= 0.6 is 0 Å². The lowest BCUT2D eigenvalue weighted by molar-refractivity contribution is 1.10. The highest BCUT2D eigenvalue weighted by Crippen LogP contribution is 2.18. The lowest BCUT2D eigenvalue weighted by Crippen LogP contribution is -1.90. The second kappa shape index (κ2) is 3.41. The molecule has 16 heavy (non-hydrogen) atoms. The smallest absolute Gasteiger partial charge is 0.169 e. The summed E-state index contributed by atoms with van der Waals surface area (Å²) < 4.78 is 1.98. The Kier molecular flexibility index (Phi) is 1.93. The summed E-state index contributed by atoms with van der Waals surface area (Å²) >= 11 is 0. The molecule has 0 aliphatic rings. The van der Waals surface area contributed by atoms with Crippen molar-refractivity contribution in [2.45, 2.75) is 6.92 Å². The maximum Gasteiger partial charge on any atom is 0.169 e. The third-order valence-corrected chi connectivity index (χ3v) is 2.55. The summed E-state index contributed by atoms with van der Waals surface area (Å²) in [6, 6.07) is 7.89. The second-order valence-electron chi connectivity index (χ2n) is 3.65. The summed E-state index contributed by atoms with van der Waals surface area (Å²) in [5, 5.41) is 8.38. The Hall–Kier alpha value is -2.23. The molecule has 0 fully saturated rings. The Morgan fingerprint density at radius 2 is 2.06 bits per heavy atom. The molecule has 3 aromatic heterocycles. The molecule has 0 saturated carbocycles. The van der Waals surface area contributed by atoms with Crippen molar-refractivity contribution >= 4 is 5.65 Å². The normalized spacial score (nSPS) is 10.8. The minimum absolute atomic E-state index is 0.826. The van der Waals surface area contributed by atoms with Crippen LogP contribution in [-0.2, 0) is 0 Å². The Bertz CT molecular complexity index is 628. The van der Waals surface area contributed by atoms with Crippen molar-refractivity contribution in [3.8, 4) is 11.4 Å². The van der Waals surface area contributed by atoms with Gasteiger partial charge in [0.2, 0.25) is 0 Å². The van der Waals surface area contributed by atoms with Gasteiger partial charge >= 0.3 is 0 Å². The highest BCUT2D eigenvalue weighted by atomic mass is 15.2. The zero-order valence-electron chi connectivity index (χ0n) is 8.83. The van der Waals surface area contributed by atoms with E-state index >= 15 is 0 Å². The van der Waals surface area contributed by atoms with Crippen LogP contribution in [-0.4, -0.2) is 19.6 Å². The average molecular weight is 210 g/mol. The van der Waals surface area contributed by atoms with Crippen molar-refractivity contribution in [3.05, 3.63) is 48.4 Å². The Morgan fingerprint density at radius 3 is 2.88 bits per heavy atom. The van der Waals surface area contributed by atoms with Crippen LogP contribution in [0.15, 0.2) is 42.9 Å². The van der Waals surface area contributed by atoms with Gasteiger partial charge in [-0.2, -0.15) is 0 Å². The number of aryl methyl sites for hydroxylation is 1. The van der Waals surface area contributed by atoms with Crippen molar-refractivity contribution < 1.29 is 0 Å². The molecule has 4 heteroatoms. The van der Waals surface area contributed by atoms with Crippen LogP contribution < -0.4 is 0 Å². The molecule has 3 aromatic rings. The molecule has 0 saturated heterocycles. The minimum Gasteiger partial charge on any atom is -0.282 e. The van der Waals surface area contributed by atoms with Crippen LogP contribution in [0, 0.1) is 6.92 Å². The summed E-state index contributed by atoms with van der Waals surface area (Å²) in [6.07, 6.45) is 5.50. The van der Waals surface area contributed by atoms with Gasteiger partial charge < -0.3 is 0 Å².